The van der Waals surface area contributed by atoms with Gasteiger partial charge in [-0.25, -0.2) is 13.1 Å². The monoisotopic (exact) mass is 296 g/mol. The molecule has 0 amide bonds. The highest BCUT2D eigenvalue weighted by Gasteiger charge is 2.24. The second kappa shape index (κ2) is 6.59. The lowest BCUT2D eigenvalue weighted by molar-refractivity contribution is 0.484. The van der Waals surface area contributed by atoms with Gasteiger partial charge in [0, 0.05) is 13.1 Å². The maximum absolute atomic E-state index is 12.5. The minimum absolute atomic E-state index is 0.0647. The third-order valence-electron chi connectivity index (χ3n) is 4.03. The first kappa shape index (κ1) is 15.3. The normalized spacial score (nSPS) is 24.1. The molecule has 1 aromatic rings. The van der Waals surface area contributed by atoms with Gasteiger partial charge in [-0.05, 0) is 37.3 Å². The first-order valence-electron chi connectivity index (χ1n) is 7.32. The van der Waals surface area contributed by atoms with Gasteiger partial charge < -0.3 is 5.32 Å². The average molecular weight is 296 g/mol. The van der Waals surface area contributed by atoms with Crippen molar-refractivity contribution in [3.05, 3.63) is 24.3 Å². The molecule has 0 spiro atoms. The fourth-order valence-corrected chi connectivity index (χ4v) is 4.31. The molecule has 2 N–H and O–H groups in total. The van der Waals surface area contributed by atoms with Crippen LogP contribution in [0.2, 0.25) is 0 Å². The molecule has 0 bridgehead atoms. The maximum Gasteiger partial charge on any atom is 0.242 e. The van der Waals surface area contributed by atoms with Crippen molar-refractivity contribution in [1.82, 2.24) is 4.72 Å². The van der Waals surface area contributed by atoms with Crippen molar-refractivity contribution in [3.63, 3.8) is 0 Å². The molecular weight excluding hydrogens is 272 g/mol. The summed E-state index contributed by atoms with van der Waals surface area (Å²) in [5.41, 5.74) is 0.641. The lowest BCUT2D eigenvalue weighted by atomic mass is 10.0. The molecular formula is C15H24N2O2S. The minimum atomic E-state index is -3.45. The van der Waals surface area contributed by atoms with Gasteiger partial charge in [-0.2, -0.15) is 0 Å². The van der Waals surface area contributed by atoms with E-state index in [-0.39, 0.29) is 6.04 Å². The first-order chi connectivity index (χ1) is 9.53. The largest absolute Gasteiger partial charge is 0.387 e. The Labute approximate surface area is 122 Å². The molecule has 0 heterocycles. The Morgan fingerprint density at radius 2 is 1.85 bits per heavy atom. The second-order valence-electron chi connectivity index (χ2n) is 5.68. The number of sulfonamides is 1. The lowest BCUT2D eigenvalue weighted by Crippen LogP contribution is -2.34. The van der Waals surface area contributed by atoms with Crippen molar-refractivity contribution < 1.29 is 8.42 Å². The van der Waals surface area contributed by atoms with Gasteiger partial charge in [-0.1, -0.05) is 31.9 Å². The third kappa shape index (κ3) is 3.73. The van der Waals surface area contributed by atoms with Crippen LogP contribution < -0.4 is 10.0 Å². The van der Waals surface area contributed by atoms with Crippen molar-refractivity contribution in [2.24, 2.45) is 5.92 Å². The summed E-state index contributed by atoms with van der Waals surface area (Å²) in [6.07, 6.45) is 5.27. The number of rotatable bonds is 4. The molecule has 0 saturated heterocycles. The van der Waals surface area contributed by atoms with E-state index < -0.39 is 10.0 Å². The zero-order chi connectivity index (χ0) is 14.6. The Balaban J connectivity index is 2.14. The summed E-state index contributed by atoms with van der Waals surface area (Å²) in [4.78, 5) is 0.333. The topological polar surface area (TPSA) is 58.2 Å². The standard InChI is InChI=1S/C15H24N2O2S/c1-12-6-5-7-13(11-10-12)17-20(18,19)15-9-4-3-8-14(15)16-2/h3-4,8-9,12-13,16-17H,5-7,10-11H2,1-2H3. The predicted molar refractivity (Wildman–Crippen MR) is 82.3 cm³/mol. The van der Waals surface area contributed by atoms with Crippen LogP contribution in [0.1, 0.15) is 39.0 Å². The van der Waals surface area contributed by atoms with Crippen LogP contribution in [0.15, 0.2) is 29.2 Å². The summed E-state index contributed by atoms with van der Waals surface area (Å²) in [5, 5.41) is 2.94. The Morgan fingerprint density at radius 1 is 1.10 bits per heavy atom. The number of hydrogen-bond donors (Lipinski definition) is 2. The van der Waals surface area contributed by atoms with Crippen molar-refractivity contribution >= 4 is 15.7 Å². The van der Waals surface area contributed by atoms with E-state index in [0.717, 1.165) is 25.7 Å². The average Bonchev–Trinajstić information content (AvgIpc) is 2.63. The molecule has 2 rings (SSSR count). The summed E-state index contributed by atoms with van der Waals surface area (Å²) in [6, 6.07) is 7.08. The van der Waals surface area contributed by atoms with Crippen LogP contribution in [0.4, 0.5) is 5.69 Å². The zero-order valence-corrected chi connectivity index (χ0v) is 13.0. The molecule has 1 aromatic carbocycles. The molecule has 0 radical (unpaired) electrons. The molecule has 20 heavy (non-hydrogen) atoms. The molecule has 1 aliphatic rings. The van der Waals surface area contributed by atoms with Crippen LogP contribution in [0.25, 0.3) is 0 Å². The van der Waals surface area contributed by atoms with Crippen molar-refractivity contribution in [3.8, 4) is 0 Å². The van der Waals surface area contributed by atoms with Crippen molar-refractivity contribution in [2.75, 3.05) is 12.4 Å². The van der Waals surface area contributed by atoms with E-state index in [1.54, 1.807) is 25.2 Å². The minimum Gasteiger partial charge on any atom is -0.387 e. The van der Waals surface area contributed by atoms with Gasteiger partial charge in [0.2, 0.25) is 10.0 Å². The number of para-hydroxylation sites is 1. The highest BCUT2D eigenvalue weighted by atomic mass is 32.2. The zero-order valence-electron chi connectivity index (χ0n) is 12.2. The third-order valence-corrected chi connectivity index (χ3v) is 5.60. The molecule has 2 atom stereocenters. The van der Waals surface area contributed by atoms with Crippen molar-refractivity contribution in [1.29, 1.82) is 0 Å². The lowest BCUT2D eigenvalue weighted by Gasteiger charge is -2.18. The number of anilines is 1. The van der Waals surface area contributed by atoms with Crippen LogP contribution in [-0.4, -0.2) is 21.5 Å². The van der Waals surface area contributed by atoms with Crippen LogP contribution in [0.3, 0.4) is 0 Å². The van der Waals surface area contributed by atoms with E-state index in [4.69, 9.17) is 0 Å². The van der Waals surface area contributed by atoms with Crippen LogP contribution in [0, 0.1) is 5.92 Å². The molecule has 0 aromatic heterocycles. The Hall–Kier alpha value is -1.07. The molecule has 1 aliphatic carbocycles. The number of nitrogens with one attached hydrogen (secondary N) is 2. The summed E-state index contributed by atoms with van der Waals surface area (Å²) >= 11 is 0. The van der Waals surface area contributed by atoms with E-state index >= 15 is 0 Å². The predicted octanol–water partition coefficient (Wildman–Crippen LogP) is 2.98. The van der Waals surface area contributed by atoms with Crippen LogP contribution in [0.5, 0.6) is 0 Å². The molecule has 0 aliphatic heterocycles. The first-order valence-corrected chi connectivity index (χ1v) is 8.80. The van der Waals surface area contributed by atoms with Gasteiger partial charge in [0.1, 0.15) is 4.90 Å². The highest BCUT2D eigenvalue weighted by Crippen LogP contribution is 2.25. The highest BCUT2D eigenvalue weighted by molar-refractivity contribution is 7.89. The van der Waals surface area contributed by atoms with Gasteiger partial charge in [0.25, 0.3) is 0 Å². The Kier molecular flexibility index (Phi) is 5.05. The van der Waals surface area contributed by atoms with Gasteiger partial charge >= 0.3 is 0 Å². The van der Waals surface area contributed by atoms with E-state index in [0.29, 0.717) is 16.5 Å². The molecule has 2 unspecified atom stereocenters. The van der Waals surface area contributed by atoms with Gasteiger partial charge in [0.05, 0.1) is 5.69 Å². The summed E-state index contributed by atoms with van der Waals surface area (Å²) in [7, 11) is -1.71. The van der Waals surface area contributed by atoms with Gasteiger partial charge in [-0.3, -0.25) is 0 Å². The summed E-state index contributed by atoms with van der Waals surface area (Å²) in [6.45, 7) is 2.24. The molecule has 4 nitrogen and oxygen atoms in total. The van der Waals surface area contributed by atoms with Crippen LogP contribution >= 0.6 is 0 Å². The fraction of sp³-hybridized carbons (Fsp3) is 0.600. The molecule has 1 fully saturated rings. The van der Waals surface area contributed by atoms with E-state index in [2.05, 4.69) is 17.0 Å². The van der Waals surface area contributed by atoms with E-state index in [1.165, 1.54) is 6.42 Å². The summed E-state index contributed by atoms with van der Waals surface area (Å²) < 4.78 is 27.9. The smallest absolute Gasteiger partial charge is 0.242 e. The van der Waals surface area contributed by atoms with Crippen molar-refractivity contribution in [2.45, 2.75) is 50.0 Å². The quantitative estimate of drug-likeness (QED) is 0.840. The molecule has 112 valence electrons. The SMILES string of the molecule is CNc1ccccc1S(=O)(=O)NC1CCCC(C)CC1. The fourth-order valence-electron chi connectivity index (χ4n) is 2.80. The van der Waals surface area contributed by atoms with E-state index in [1.807, 2.05) is 6.07 Å². The number of benzene rings is 1. The summed E-state index contributed by atoms with van der Waals surface area (Å²) in [5.74, 6) is 0.703. The molecule has 5 heteroatoms. The maximum atomic E-state index is 12.5. The van der Waals surface area contributed by atoms with Gasteiger partial charge in [0.15, 0.2) is 0 Å². The molecule has 1 saturated carbocycles. The Bertz CT molecular complexity index is 543. The Morgan fingerprint density at radius 3 is 2.60 bits per heavy atom. The van der Waals surface area contributed by atoms with Gasteiger partial charge in [-0.15, -0.1) is 0 Å². The number of hydrogen-bond acceptors (Lipinski definition) is 3. The second-order valence-corrected chi connectivity index (χ2v) is 7.36. The van der Waals surface area contributed by atoms with Crippen LogP contribution in [-0.2, 0) is 10.0 Å². The van der Waals surface area contributed by atoms with E-state index in [9.17, 15) is 8.42 Å².